The van der Waals surface area contributed by atoms with E-state index in [1.807, 2.05) is 0 Å². The second-order valence-corrected chi connectivity index (χ2v) is 10.9. The number of methoxy groups -OCH3 is 1. The average Bonchev–Trinajstić information content (AvgIpc) is 2.84. The number of ether oxygens (including phenoxy) is 2. The number of urea groups is 1. The van der Waals surface area contributed by atoms with Gasteiger partial charge in [0.05, 0.1) is 36.7 Å². The second-order valence-electron chi connectivity index (χ2n) is 8.87. The fourth-order valence-electron chi connectivity index (χ4n) is 5.17. The highest BCUT2D eigenvalue weighted by atomic mass is 32.2. The number of benzene rings is 1. The van der Waals surface area contributed by atoms with Gasteiger partial charge in [-0.25, -0.2) is 17.6 Å². The van der Waals surface area contributed by atoms with Crippen molar-refractivity contribution in [1.82, 2.24) is 14.1 Å². The topological polar surface area (TPSA) is 108 Å². The van der Waals surface area contributed by atoms with Crippen molar-refractivity contribution < 1.29 is 31.9 Å². The number of amides is 3. The third-order valence-electron chi connectivity index (χ3n) is 6.94. The van der Waals surface area contributed by atoms with Gasteiger partial charge in [-0.05, 0) is 25.0 Å². The lowest BCUT2D eigenvalue weighted by Gasteiger charge is -2.54. The summed E-state index contributed by atoms with van der Waals surface area (Å²) in [5.74, 6) is -0.910. The molecule has 3 aliphatic rings. The number of rotatable bonds is 5. The summed E-state index contributed by atoms with van der Waals surface area (Å²) in [5.41, 5.74) is -1.04. The summed E-state index contributed by atoms with van der Waals surface area (Å²) in [6.45, 7) is 2.29. The van der Waals surface area contributed by atoms with Gasteiger partial charge in [-0.2, -0.15) is 4.31 Å². The third-order valence-corrected chi connectivity index (χ3v) is 8.81. The fraction of sp³-hybridized carbons (Fsp3) is 0.636. The molecular weight excluding hydrogens is 467 g/mol. The minimum absolute atomic E-state index is 0.0488. The Kier molecular flexibility index (Phi) is 7.41. The molecule has 0 radical (unpaired) electrons. The molecule has 0 saturated carbocycles. The molecule has 1 aromatic rings. The lowest BCUT2D eigenvalue weighted by molar-refractivity contribution is -0.154. The quantitative estimate of drug-likeness (QED) is 0.648. The molecule has 188 valence electrons. The minimum Gasteiger partial charge on any atom is -0.383 e. The zero-order valence-electron chi connectivity index (χ0n) is 19.2. The van der Waals surface area contributed by atoms with E-state index in [2.05, 4.69) is 5.32 Å². The van der Waals surface area contributed by atoms with Crippen molar-refractivity contribution in [3.8, 4) is 0 Å². The number of hydrogen-bond acceptors (Lipinski definition) is 6. The number of carbonyl (C=O) groups excluding carboxylic acids is 2. The lowest BCUT2D eigenvalue weighted by atomic mass is 9.71. The van der Waals surface area contributed by atoms with Gasteiger partial charge in [-0.3, -0.25) is 4.79 Å². The van der Waals surface area contributed by atoms with E-state index in [4.69, 9.17) is 9.47 Å². The molecule has 3 heterocycles. The molecular formula is C22H31FN4O6S. The van der Waals surface area contributed by atoms with Crippen LogP contribution in [0.1, 0.15) is 12.8 Å². The van der Waals surface area contributed by atoms with Crippen LogP contribution in [0.2, 0.25) is 0 Å². The first-order valence-electron chi connectivity index (χ1n) is 11.4. The van der Waals surface area contributed by atoms with Crippen LogP contribution in [-0.4, -0.2) is 106 Å². The van der Waals surface area contributed by atoms with Crippen LogP contribution in [0.3, 0.4) is 0 Å². The first-order chi connectivity index (χ1) is 16.3. The van der Waals surface area contributed by atoms with Crippen LogP contribution >= 0.6 is 0 Å². The van der Waals surface area contributed by atoms with E-state index in [9.17, 15) is 22.4 Å². The van der Waals surface area contributed by atoms with Crippen LogP contribution < -0.4 is 5.32 Å². The molecule has 34 heavy (non-hydrogen) atoms. The molecule has 0 bridgehead atoms. The van der Waals surface area contributed by atoms with Gasteiger partial charge >= 0.3 is 6.03 Å². The zero-order chi connectivity index (χ0) is 24.3. The first-order valence-corrected chi connectivity index (χ1v) is 13.1. The normalized spacial score (nSPS) is 27.2. The number of nitrogens with zero attached hydrogens (tertiary/aromatic N) is 3. The Balaban J connectivity index is 1.64. The van der Waals surface area contributed by atoms with Crippen molar-refractivity contribution in [1.29, 1.82) is 0 Å². The van der Waals surface area contributed by atoms with Gasteiger partial charge in [0.25, 0.3) is 0 Å². The molecule has 10 nitrogen and oxygen atoms in total. The predicted octanol–water partition coefficient (Wildman–Crippen LogP) is 0.959. The number of anilines is 1. The van der Waals surface area contributed by atoms with Crippen LogP contribution in [0.25, 0.3) is 0 Å². The highest BCUT2D eigenvalue weighted by Crippen LogP contribution is 2.44. The zero-order valence-corrected chi connectivity index (χ0v) is 20.1. The maximum atomic E-state index is 14.1. The summed E-state index contributed by atoms with van der Waals surface area (Å²) in [6.07, 6.45) is 0.410. The van der Waals surface area contributed by atoms with Gasteiger partial charge in [0.15, 0.2) is 0 Å². The van der Waals surface area contributed by atoms with Gasteiger partial charge in [0.1, 0.15) is 5.82 Å². The maximum absolute atomic E-state index is 14.1. The predicted molar refractivity (Wildman–Crippen MR) is 122 cm³/mol. The number of para-hydroxylation sites is 1. The van der Waals surface area contributed by atoms with E-state index in [0.717, 1.165) is 0 Å². The van der Waals surface area contributed by atoms with Crippen molar-refractivity contribution in [2.24, 2.45) is 5.41 Å². The molecule has 0 aliphatic carbocycles. The van der Waals surface area contributed by atoms with E-state index in [1.54, 1.807) is 11.0 Å². The van der Waals surface area contributed by atoms with Gasteiger partial charge < -0.3 is 24.6 Å². The number of morpholine rings is 1. The van der Waals surface area contributed by atoms with Gasteiger partial charge in [0, 0.05) is 45.9 Å². The summed E-state index contributed by atoms with van der Waals surface area (Å²) < 4.78 is 52.0. The Bertz CT molecular complexity index is 1020. The van der Waals surface area contributed by atoms with Gasteiger partial charge in [-0.1, -0.05) is 12.1 Å². The van der Waals surface area contributed by atoms with E-state index in [1.165, 1.54) is 34.5 Å². The molecule has 1 aromatic carbocycles. The number of fused-ring (bicyclic) bond motifs is 1. The van der Waals surface area contributed by atoms with Crippen molar-refractivity contribution in [3.63, 3.8) is 0 Å². The van der Waals surface area contributed by atoms with Crippen LogP contribution in [0.4, 0.5) is 14.9 Å². The second kappa shape index (κ2) is 10.1. The summed E-state index contributed by atoms with van der Waals surface area (Å²) in [5, 5.41) is 2.59. The Morgan fingerprint density at radius 3 is 2.65 bits per heavy atom. The van der Waals surface area contributed by atoms with E-state index < -0.39 is 33.3 Å². The fourth-order valence-corrected chi connectivity index (χ4v) is 7.08. The molecule has 3 fully saturated rings. The summed E-state index contributed by atoms with van der Waals surface area (Å²) in [4.78, 5) is 30.2. The van der Waals surface area contributed by atoms with Crippen LogP contribution in [-0.2, 0) is 24.3 Å². The van der Waals surface area contributed by atoms with E-state index in [0.29, 0.717) is 32.7 Å². The number of likely N-dealkylation sites (tertiary alicyclic amines) is 1. The van der Waals surface area contributed by atoms with Crippen molar-refractivity contribution >= 4 is 27.6 Å². The SMILES string of the molecule is COCCN1[C@@H]2CCN(C(=O)Nc3ccccc3F)C[C@@]2(C(=O)N2CCOCC2)CCS1(=O)=O. The number of nitrogens with one attached hydrogen (secondary N) is 1. The Labute approximate surface area is 199 Å². The standard InChI is InChI=1S/C22H31FN4O6S/c1-32-12-11-27-19-6-8-26(21(29)24-18-5-3-2-4-17(18)23)16-22(19,7-15-34(27,30)31)20(28)25-9-13-33-14-10-25/h2-5,19H,6-16H2,1H3,(H,24,29)/t19-,22+/m1/s1. The molecule has 4 rings (SSSR count). The number of hydrogen-bond donors (Lipinski definition) is 1. The molecule has 12 heteroatoms. The summed E-state index contributed by atoms with van der Waals surface area (Å²) in [7, 11) is -2.07. The minimum atomic E-state index is -3.57. The highest BCUT2D eigenvalue weighted by molar-refractivity contribution is 7.89. The number of halogens is 1. The van der Waals surface area contributed by atoms with Gasteiger partial charge in [-0.15, -0.1) is 0 Å². The summed E-state index contributed by atoms with van der Waals surface area (Å²) in [6, 6.07) is 4.76. The highest BCUT2D eigenvalue weighted by Gasteiger charge is 2.58. The number of carbonyl (C=O) groups is 2. The van der Waals surface area contributed by atoms with Crippen LogP contribution in [0.5, 0.6) is 0 Å². The number of piperidine rings is 1. The van der Waals surface area contributed by atoms with Crippen LogP contribution in [0.15, 0.2) is 24.3 Å². The van der Waals surface area contributed by atoms with Crippen molar-refractivity contribution in [2.45, 2.75) is 18.9 Å². The van der Waals surface area contributed by atoms with Crippen molar-refractivity contribution in [2.75, 3.05) is 70.7 Å². The largest absolute Gasteiger partial charge is 0.383 e. The summed E-state index contributed by atoms with van der Waals surface area (Å²) >= 11 is 0. The first kappa shape index (κ1) is 24.8. The maximum Gasteiger partial charge on any atom is 0.321 e. The van der Waals surface area contributed by atoms with Crippen LogP contribution in [0, 0.1) is 11.2 Å². The molecule has 1 N–H and O–H groups in total. The molecule has 0 aromatic heterocycles. The van der Waals surface area contributed by atoms with E-state index >= 15 is 0 Å². The third kappa shape index (κ3) is 4.77. The smallest absolute Gasteiger partial charge is 0.321 e. The monoisotopic (exact) mass is 498 g/mol. The Morgan fingerprint density at radius 1 is 1.21 bits per heavy atom. The molecule has 0 spiro atoms. The Hall–Kier alpha value is -2.28. The van der Waals surface area contributed by atoms with Gasteiger partial charge in [0.2, 0.25) is 15.9 Å². The average molecular weight is 499 g/mol. The van der Waals surface area contributed by atoms with Crippen molar-refractivity contribution in [3.05, 3.63) is 30.1 Å². The van der Waals surface area contributed by atoms with E-state index in [-0.39, 0.29) is 50.0 Å². The lowest BCUT2D eigenvalue weighted by Crippen LogP contribution is -2.69. The molecule has 2 atom stereocenters. The number of sulfonamides is 1. The molecule has 3 aliphatic heterocycles. The molecule has 3 saturated heterocycles. The molecule has 3 amide bonds. The Morgan fingerprint density at radius 2 is 1.94 bits per heavy atom. The molecule has 0 unspecified atom stereocenters.